The first-order valence-corrected chi connectivity index (χ1v) is 4.12. The summed E-state index contributed by atoms with van der Waals surface area (Å²) in [6, 6.07) is 0.657. The van der Waals surface area contributed by atoms with Gasteiger partial charge in [-0.3, -0.25) is 4.79 Å². The molecule has 14 heavy (non-hydrogen) atoms. The molecule has 0 aliphatic carbocycles. The zero-order chi connectivity index (χ0) is 10.7. The molecule has 0 bridgehead atoms. The highest BCUT2D eigenvalue weighted by Crippen LogP contribution is 2.26. The van der Waals surface area contributed by atoms with Crippen LogP contribution in [0.5, 0.6) is 0 Å². The first kappa shape index (κ1) is 11.0. The van der Waals surface area contributed by atoms with E-state index in [4.69, 9.17) is 11.6 Å². The summed E-state index contributed by atoms with van der Waals surface area (Å²) in [5, 5.41) is 0. The van der Waals surface area contributed by atoms with E-state index in [1.165, 1.54) is 0 Å². The SMILES string of the molecule is O=Cc1cc(F)c(C(F)F)c(CCl)n1. The van der Waals surface area contributed by atoms with Crippen LogP contribution in [0.4, 0.5) is 13.2 Å². The lowest BCUT2D eigenvalue weighted by atomic mass is 10.2. The largest absolute Gasteiger partial charge is 0.296 e. The summed E-state index contributed by atoms with van der Waals surface area (Å²) < 4.78 is 37.6. The number of hydrogen-bond acceptors (Lipinski definition) is 2. The summed E-state index contributed by atoms with van der Waals surface area (Å²) >= 11 is 5.30. The fourth-order valence-corrected chi connectivity index (χ4v) is 1.19. The predicted molar refractivity (Wildman–Crippen MR) is 44.1 cm³/mol. The van der Waals surface area contributed by atoms with Crippen LogP contribution in [-0.2, 0) is 5.88 Å². The van der Waals surface area contributed by atoms with Crippen LogP contribution < -0.4 is 0 Å². The van der Waals surface area contributed by atoms with Crippen molar-refractivity contribution in [2.24, 2.45) is 0 Å². The van der Waals surface area contributed by atoms with Gasteiger partial charge in [0.2, 0.25) is 0 Å². The van der Waals surface area contributed by atoms with Crippen molar-refractivity contribution in [1.82, 2.24) is 4.98 Å². The molecule has 0 saturated heterocycles. The second kappa shape index (κ2) is 4.41. The molecule has 0 saturated carbocycles. The highest BCUT2D eigenvalue weighted by molar-refractivity contribution is 6.17. The van der Waals surface area contributed by atoms with E-state index in [9.17, 15) is 18.0 Å². The van der Waals surface area contributed by atoms with E-state index in [1.807, 2.05) is 0 Å². The molecule has 0 spiro atoms. The van der Waals surface area contributed by atoms with Crippen LogP contribution in [0.3, 0.4) is 0 Å². The van der Waals surface area contributed by atoms with Crippen molar-refractivity contribution >= 4 is 17.9 Å². The van der Waals surface area contributed by atoms with Crippen LogP contribution in [0.25, 0.3) is 0 Å². The average molecular weight is 224 g/mol. The first-order chi connectivity index (χ1) is 6.60. The fourth-order valence-electron chi connectivity index (χ4n) is 0.986. The van der Waals surface area contributed by atoms with E-state index < -0.39 is 17.8 Å². The van der Waals surface area contributed by atoms with E-state index >= 15 is 0 Å². The van der Waals surface area contributed by atoms with E-state index in [0.29, 0.717) is 6.07 Å². The molecule has 6 heteroatoms. The molecular weight excluding hydrogens is 219 g/mol. The van der Waals surface area contributed by atoms with Gasteiger partial charge in [0.25, 0.3) is 6.43 Å². The van der Waals surface area contributed by atoms with E-state index in [-0.39, 0.29) is 23.6 Å². The predicted octanol–water partition coefficient (Wildman–Crippen LogP) is 2.71. The summed E-state index contributed by atoms with van der Waals surface area (Å²) in [6.45, 7) is 0. The van der Waals surface area contributed by atoms with Gasteiger partial charge in [-0.05, 0) is 0 Å². The standard InChI is InChI=1S/C8H5ClF3NO/c9-2-6-7(8(11)12)5(10)1-4(3-14)13-6/h1,3,8H,2H2. The minimum absolute atomic E-state index is 0.248. The van der Waals surface area contributed by atoms with Crippen LogP contribution in [0.1, 0.15) is 28.2 Å². The number of halogens is 4. The Labute approximate surface area is 82.7 Å². The van der Waals surface area contributed by atoms with Crippen LogP contribution in [0.15, 0.2) is 6.07 Å². The molecule has 0 N–H and O–H groups in total. The second-order valence-corrected chi connectivity index (χ2v) is 2.71. The smallest absolute Gasteiger partial charge is 0.268 e. The third-order valence-electron chi connectivity index (χ3n) is 1.57. The number of aromatic nitrogens is 1. The van der Waals surface area contributed by atoms with Gasteiger partial charge in [-0.1, -0.05) is 0 Å². The Balaban J connectivity index is 3.34. The zero-order valence-corrected chi connectivity index (χ0v) is 7.56. The van der Waals surface area contributed by atoms with Gasteiger partial charge in [0.1, 0.15) is 11.5 Å². The molecule has 1 aromatic rings. The molecule has 1 rings (SSSR count). The van der Waals surface area contributed by atoms with Gasteiger partial charge >= 0.3 is 0 Å². The molecule has 0 aliphatic rings. The number of rotatable bonds is 3. The minimum Gasteiger partial charge on any atom is -0.296 e. The molecule has 0 fully saturated rings. The fraction of sp³-hybridized carbons (Fsp3) is 0.250. The van der Waals surface area contributed by atoms with Crippen molar-refractivity contribution in [2.45, 2.75) is 12.3 Å². The maximum Gasteiger partial charge on any atom is 0.268 e. The number of nitrogens with zero attached hydrogens (tertiary/aromatic N) is 1. The summed E-state index contributed by atoms with van der Waals surface area (Å²) in [4.78, 5) is 13.7. The lowest BCUT2D eigenvalue weighted by Crippen LogP contribution is -2.03. The Morgan fingerprint density at radius 3 is 2.64 bits per heavy atom. The van der Waals surface area contributed by atoms with E-state index in [0.717, 1.165) is 0 Å². The molecular formula is C8H5ClF3NO. The molecule has 0 unspecified atom stereocenters. The van der Waals surface area contributed by atoms with Crippen molar-refractivity contribution in [2.75, 3.05) is 0 Å². The number of pyridine rings is 1. The number of aldehydes is 1. The highest BCUT2D eigenvalue weighted by atomic mass is 35.5. The van der Waals surface area contributed by atoms with Gasteiger partial charge < -0.3 is 0 Å². The second-order valence-electron chi connectivity index (χ2n) is 2.44. The normalized spacial score (nSPS) is 10.6. The lowest BCUT2D eigenvalue weighted by molar-refractivity contribution is 0.111. The van der Waals surface area contributed by atoms with Gasteiger partial charge in [0.05, 0.1) is 17.1 Å². The van der Waals surface area contributed by atoms with Crippen molar-refractivity contribution in [3.63, 3.8) is 0 Å². The summed E-state index contributed by atoms with van der Waals surface area (Å²) in [5.41, 5.74) is -1.39. The minimum atomic E-state index is -2.99. The maximum atomic E-state index is 13.0. The first-order valence-electron chi connectivity index (χ1n) is 3.58. The molecule has 0 amide bonds. The van der Waals surface area contributed by atoms with Gasteiger partial charge in [-0.25, -0.2) is 18.2 Å². The Hall–Kier alpha value is -1.10. The highest BCUT2D eigenvalue weighted by Gasteiger charge is 2.20. The molecule has 0 aliphatic heterocycles. The lowest BCUT2D eigenvalue weighted by Gasteiger charge is -2.06. The molecule has 1 heterocycles. The summed E-state index contributed by atoms with van der Waals surface area (Å²) in [6.07, 6.45) is -2.72. The topological polar surface area (TPSA) is 30.0 Å². The Morgan fingerprint density at radius 1 is 1.57 bits per heavy atom. The van der Waals surface area contributed by atoms with Crippen molar-refractivity contribution in [3.8, 4) is 0 Å². The quantitative estimate of drug-likeness (QED) is 0.583. The molecule has 0 aromatic carbocycles. The van der Waals surface area contributed by atoms with E-state index in [1.54, 1.807) is 0 Å². The Morgan fingerprint density at radius 2 is 2.21 bits per heavy atom. The van der Waals surface area contributed by atoms with Crippen LogP contribution in [0, 0.1) is 5.82 Å². The number of hydrogen-bond donors (Lipinski definition) is 0. The van der Waals surface area contributed by atoms with E-state index in [2.05, 4.69) is 4.98 Å². The van der Waals surface area contributed by atoms with Crippen LogP contribution in [0.2, 0.25) is 0 Å². The molecule has 1 aromatic heterocycles. The monoisotopic (exact) mass is 223 g/mol. The third kappa shape index (κ3) is 2.04. The Kier molecular flexibility index (Phi) is 3.46. The van der Waals surface area contributed by atoms with Gasteiger partial charge in [-0.15, -0.1) is 11.6 Å². The van der Waals surface area contributed by atoms with Crippen molar-refractivity contribution < 1.29 is 18.0 Å². The number of alkyl halides is 3. The molecule has 2 nitrogen and oxygen atoms in total. The zero-order valence-electron chi connectivity index (χ0n) is 6.81. The number of carbonyl (C=O) groups excluding carboxylic acids is 1. The van der Waals surface area contributed by atoms with Gasteiger partial charge in [-0.2, -0.15) is 0 Å². The maximum absolute atomic E-state index is 13.0. The van der Waals surface area contributed by atoms with Gasteiger partial charge in [0, 0.05) is 6.07 Å². The van der Waals surface area contributed by atoms with Crippen molar-refractivity contribution in [3.05, 3.63) is 28.8 Å². The number of carbonyl (C=O) groups is 1. The van der Waals surface area contributed by atoms with Gasteiger partial charge in [0.15, 0.2) is 6.29 Å². The summed E-state index contributed by atoms with van der Waals surface area (Å²) in [7, 11) is 0. The average Bonchev–Trinajstić information content (AvgIpc) is 2.15. The molecule has 76 valence electrons. The summed E-state index contributed by atoms with van der Waals surface area (Å²) in [5.74, 6) is -1.52. The molecule has 0 atom stereocenters. The van der Waals surface area contributed by atoms with Crippen LogP contribution >= 0.6 is 11.6 Å². The third-order valence-corrected chi connectivity index (χ3v) is 1.83. The van der Waals surface area contributed by atoms with Crippen LogP contribution in [-0.4, -0.2) is 11.3 Å². The van der Waals surface area contributed by atoms with Crippen molar-refractivity contribution in [1.29, 1.82) is 0 Å². The Bertz CT molecular complexity index is 357. The molecule has 0 radical (unpaired) electrons.